The van der Waals surface area contributed by atoms with E-state index in [0.717, 1.165) is 73.8 Å². The van der Waals surface area contributed by atoms with E-state index < -0.39 is 0 Å². The smallest absolute Gasteiger partial charge is 0.0705 e. The van der Waals surface area contributed by atoms with E-state index in [9.17, 15) is 0 Å². The fourth-order valence-electron chi connectivity index (χ4n) is 4.58. The van der Waals surface area contributed by atoms with Gasteiger partial charge in [0.05, 0.1) is 18.9 Å². The van der Waals surface area contributed by atoms with E-state index in [2.05, 4.69) is 46.0 Å². The van der Waals surface area contributed by atoms with Gasteiger partial charge in [0.25, 0.3) is 0 Å². The number of nitrogens with two attached hydrogens (primary N) is 1. The number of rotatable bonds is 8. The predicted molar refractivity (Wildman–Crippen MR) is 138 cm³/mol. The quantitative estimate of drug-likeness (QED) is 0.351. The summed E-state index contributed by atoms with van der Waals surface area (Å²) in [4.78, 5) is 6.45. The number of aromatic nitrogens is 1. The average molecular weight is 454 g/mol. The Morgan fingerprint density at radius 3 is 2.38 bits per heavy atom. The number of morpholine rings is 1. The molecule has 2 fully saturated rings. The van der Waals surface area contributed by atoms with Crippen molar-refractivity contribution in [2.75, 3.05) is 43.5 Å². The van der Waals surface area contributed by atoms with Gasteiger partial charge >= 0.3 is 0 Å². The van der Waals surface area contributed by atoms with Gasteiger partial charge in [-0.3, -0.25) is 10.4 Å². The van der Waals surface area contributed by atoms with Crippen LogP contribution < -0.4 is 16.0 Å². The van der Waals surface area contributed by atoms with E-state index in [1.165, 1.54) is 5.56 Å². The molecule has 1 aromatic heterocycles. The number of nitrogens with one attached hydrogen (secondary N) is 2. The van der Waals surface area contributed by atoms with E-state index in [1.54, 1.807) is 0 Å². The molecule has 4 N–H and O–H groups in total. The molecule has 34 heavy (non-hydrogen) atoms. The molecule has 0 radical (unpaired) electrons. The summed E-state index contributed by atoms with van der Waals surface area (Å²) in [6, 6.07) is 18.1. The van der Waals surface area contributed by atoms with Crippen LogP contribution in [-0.4, -0.2) is 43.5 Å². The van der Waals surface area contributed by atoms with Crippen LogP contribution in [0.2, 0.25) is 0 Å². The van der Waals surface area contributed by atoms with E-state index >= 15 is 0 Å². The number of pyridine rings is 1. The van der Waals surface area contributed by atoms with Crippen molar-refractivity contribution < 1.29 is 4.74 Å². The van der Waals surface area contributed by atoms with Gasteiger partial charge in [0, 0.05) is 65.6 Å². The first-order valence-corrected chi connectivity index (χ1v) is 11.8. The number of nitrogen functional groups attached to an aromatic ring is 1. The Hall–Kier alpha value is -3.64. The third kappa shape index (κ3) is 4.54. The summed E-state index contributed by atoms with van der Waals surface area (Å²) < 4.78 is 5.44. The lowest BCUT2D eigenvalue weighted by atomic mass is 9.96. The van der Waals surface area contributed by atoms with Crippen LogP contribution in [0.1, 0.15) is 35.1 Å². The number of benzene rings is 2. The predicted octanol–water partition coefficient (Wildman–Crippen LogP) is 4.21. The van der Waals surface area contributed by atoms with Crippen LogP contribution in [0, 0.1) is 5.41 Å². The van der Waals surface area contributed by atoms with Crippen LogP contribution in [0.3, 0.4) is 0 Å². The highest BCUT2D eigenvalue weighted by molar-refractivity contribution is 6.14. The molecule has 174 valence electrons. The molecule has 0 unspecified atom stereocenters. The van der Waals surface area contributed by atoms with Gasteiger partial charge in [-0.1, -0.05) is 24.8 Å². The topological polar surface area (TPSA) is 87.3 Å². The van der Waals surface area contributed by atoms with Gasteiger partial charge in [-0.05, 0) is 60.4 Å². The molecule has 1 aliphatic carbocycles. The number of hydrogen-bond acceptors (Lipinski definition) is 6. The van der Waals surface area contributed by atoms with Crippen LogP contribution in [0.15, 0.2) is 73.6 Å². The van der Waals surface area contributed by atoms with Crippen molar-refractivity contribution in [2.45, 2.75) is 18.3 Å². The molecule has 0 bridgehead atoms. The highest BCUT2D eigenvalue weighted by Crippen LogP contribution is 2.47. The fourth-order valence-corrected chi connectivity index (χ4v) is 4.58. The standard InChI is InChI=1S/C28H31N5O/c1-20(32-19-28(10-11-28)23-8-12-31-13-9-23)22-4-7-26(29)25(18-22)27(30)21-2-5-24(6-3-21)33-14-16-34-17-15-33/h2-9,12-13,18,30,32H,1,10-11,14-17,19,29H2. The van der Waals surface area contributed by atoms with Gasteiger partial charge < -0.3 is 20.7 Å². The molecule has 3 aromatic rings. The first-order valence-electron chi connectivity index (χ1n) is 11.8. The minimum absolute atomic E-state index is 0.164. The zero-order valence-corrected chi connectivity index (χ0v) is 19.4. The Morgan fingerprint density at radius 1 is 1.03 bits per heavy atom. The molecular formula is C28H31N5O. The molecule has 2 aromatic carbocycles. The van der Waals surface area contributed by atoms with Crippen molar-refractivity contribution in [1.29, 1.82) is 5.41 Å². The number of ether oxygens (including phenoxy) is 1. The summed E-state index contributed by atoms with van der Waals surface area (Å²) in [7, 11) is 0. The van der Waals surface area contributed by atoms with E-state index in [4.69, 9.17) is 15.9 Å². The zero-order valence-electron chi connectivity index (χ0n) is 19.4. The van der Waals surface area contributed by atoms with E-state index in [-0.39, 0.29) is 5.41 Å². The Bertz CT molecular complexity index is 1180. The van der Waals surface area contributed by atoms with Crippen LogP contribution in [-0.2, 0) is 10.2 Å². The zero-order chi connectivity index (χ0) is 23.5. The monoisotopic (exact) mass is 453 g/mol. The van der Waals surface area contributed by atoms with Crippen molar-refractivity contribution in [3.8, 4) is 0 Å². The highest BCUT2D eigenvalue weighted by atomic mass is 16.5. The van der Waals surface area contributed by atoms with Crippen LogP contribution in [0.5, 0.6) is 0 Å². The maximum atomic E-state index is 8.82. The van der Waals surface area contributed by atoms with Crippen molar-refractivity contribution in [3.05, 3.63) is 95.8 Å². The Morgan fingerprint density at radius 2 is 1.71 bits per heavy atom. The summed E-state index contributed by atoms with van der Waals surface area (Å²) in [6.07, 6.45) is 6.04. The molecule has 6 nitrogen and oxygen atoms in total. The van der Waals surface area contributed by atoms with Crippen molar-refractivity contribution in [1.82, 2.24) is 10.3 Å². The molecule has 1 saturated heterocycles. The van der Waals surface area contributed by atoms with E-state index in [1.807, 2.05) is 42.7 Å². The molecule has 6 heteroatoms. The lowest BCUT2D eigenvalue weighted by Gasteiger charge is -2.29. The normalized spacial score (nSPS) is 16.6. The molecule has 2 heterocycles. The van der Waals surface area contributed by atoms with Gasteiger partial charge in [-0.2, -0.15) is 0 Å². The summed E-state index contributed by atoms with van der Waals surface area (Å²) in [5, 5.41) is 12.3. The van der Waals surface area contributed by atoms with Crippen molar-refractivity contribution in [2.24, 2.45) is 0 Å². The molecule has 0 amide bonds. The lowest BCUT2D eigenvalue weighted by Crippen LogP contribution is -2.36. The molecule has 1 saturated carbocycles. The van der Waals surface area contributed by atoms with Gasteiger partial charge in [-0.15, -0.1) is 0 Å². The molecule has 2 aliphatic rings. The third-order valence-electron chi connectivity index (χ3n) is 6.99. The minimum atomic E-state index is 0.164. The SMILES string of the molecule is C=C(NCC1(c2ccncc2)CC1)c1ccc(N)c(C(=N)c2ccc(N3CCOCC3)cc2)c1. The summed E-state index contributed by atoms with van der Waals surface area (Å²) in [6.45, 7) is 8.38. The molecule has 1 aliphatic heterocycles. The van der Waals surface area contributed by atoms with Gasteiger partial charge in [-0.25, -0.2) is 0 Å². The maximum Gasteiger partial charge on any atom is 0.0705 e. The first-order chi connectivity index (χ1) is 16.6. The highest BCUT2D eigenvalue weighted by Gasteiger charge is 2.44. The fraction of sp³-hybridized carbons (Fsp3) is 0.286. The van der Waals surface area contributed by atoms with Crippen LogP contribution >= 0.6 is 0 Å². The first kappa shape index (κ1) is 22.2. The van der Waals surface area contributed by atoms with Crippen LogP contribution in [0.25, 0.3) is 5.70 Å². The minimum Gasteiger partial charge on any atom is -0.398 e. The molecular weight excluding hydrogens is 422 g/mol. The maximum absolute atomic E-state index is 8.82. The Balaban J connectivity index is 1.28. The molecule has 0 spiro atoms. The summed E-state index contributed by atoms with van der Waals surface area (Å²) >= 11 is 0. The number of hydrogen-bond donors (Lipinski definition) is 3. The molecule has 5 rings (SSSR count). The molecule has 0 atom stereocenters. The summed E-state index contributed by atoms with van der Waals surface area (Å²) in [5.74, 6) is 0. The summed E-state index contributed by atoms with van der Waals surface area (Å²) in [5.41, 5.74) is 13.3. The van der Waals surface area contributed by atoms with Gasteiger partial charge in [0.2, 0.25) is 0 Å². The van der Waals surface area contributed by atoms with Gasteiger partial charge in [0.1, 0.15) is 0 Å². The van der Waals surface area contributed by atoms with Crippen LogP contribution in [0.4, 0.5) is 11.4 Å². The average Bonchev–Trinajstić information content (AvgIpc) is 3.69. The van der Waals surface area contributed by atoms with E-state index in [0.29, 0.717) is 11.4 Å². The lowest BCUT2D eigenvalue weighted by molar-refractivity contribution is 0.122. The number of nitrogens with zero attached hydrogens (tertiary/aromatic N) is 2. The Kier molecular flexibility index (Phi) is 6.07. The third-order valence-corrected chi connectivity index (χ3v) is 6.99. The Labute approximate surface area is 201 Å². The van der Waals surface area contributed by atoms with Crippen molar-refractivity contribution in [3.63, 3.8) is 0 Å². The number of anilines is 2. The van der Waals surface area contributed by atoms with Gasteiger partial charge in [0.15, 0.2) is 0 Å². The van der Waals surface area contributed by atoms with Crippen molar-refractivity contribution >= 4 is 22.8 Å². The second kappa shape index (κ2) is 9.31. The second-order valence-corrected chi connectivity index (χ2v) is 9.17. The largest absolute Gasteiger partial charge is 0.398 e. The second-order valence-electron chi connectivity index (χ2n) is 9.17.